The second-order valence-corrected chi connectivity index (χ2v) is 6.62. The van der Waals surface area contributed by atoms with Crippen molar-refractivity contribution in [3.05, 3.63) is 28.8 Å². The molecule has 0 aliphatic rings. The fraction of sp³-hybridized carbons (Fsp3) is 0.533. The molecule has 1 amide bonds. The van der Waals surface area contributed by atoms with Gasteiger partial charge in [0, 0.05) is 23.8 Å². The molecule has 0 saturated carbocycles. The van der Waals surface area contributed by atoms with E-state index in [1.54, 1.807) is 20.8 Å². The number of hydrogen-bond acceptors (Lipinski definition) is 4. The molecule has 24 heavy (non-hydrogen) atoms. The Bertz CT molecular complexity index is 574. The molecule has 0 fully saturated rings. The lowest BCUT2D eigenvalue weighted by Gasteiger charge is -2.23. The fourth-order valence-corrected chi connectivity index (χ4v) is 2.02. The quantitative estimate of drug-likeness (QED) is 0.743. The number of carbonyl (C=O) groups excluding carboxylic acids is 1. The summed E-state index contributed by atoms with van der Waals surface area (Å²) in [5.74, 6) is 0. The van der Waals surface area contributed by atoms with Crippen molar-refractivity contribution in [2.75, 3.05) is 18.4 Å². The van der Waals surface area contributed by atoms with E-state index < -0.39 is 29.5 Å². The minimum absolute atomic E-state index is 0.0526. The van der Waals surface area contributed by atoms with Crippen LogP contribution in [0.2, 0.25) is 5.02 Å². The SMILES string of the molecule is CC(C)(C)OC(=O)NCC(CN)Nc1cc(Cl)cc(C(F)(F)F)c1. The first-order chi connectivity index (χ1) is 10.9. The Kier molecular flexibility index (Phi) is 6.74. The lowest BCUT2D eigenvalue weighted by Crippen LogP contribution is -2.42. The van der Waals surface area contributed by atoms with Crippen molar-refractivity contribution in [2.24, 2.45) is 5.73 Å². The van der Waals surface area contributed by atoms with Gasteiger partial charge in [-0.15, -0.1) is 0 Å². The summed E-state index contributed by atoms with van der Waals surface area (Å²) in [6, 6.07) is 2.63. The molecule has 0 aliphatic heterocycles. The first-order valence-corrected chi connectivity index (χ1v) is 7.60. The summed E-state index contributed by atoms with van der Waals surface area (Å²) in [6.45, 7) is 5.32. The molecule has 0 aromatic heterocycles. The zero-order valence-electron chi connectivity index (χ0n) is 13.6. The predicted octanol–water partition coefficient (Wildman–Crippen LogP) is 3.62. The molecule has 1 rings (SSSR count). The Morgan fingerprint density at radius 1 is 1.29 bits per heavy atom. The van der Waals surface area contributed by atoms with Crippen LogP contribution >= 0.6 is 11.6 Å². The molecule has 1 aromatic carbocycles. The number of rotatable bonds is 5. The number of hydrogen-bond donors (Lipinski definition) is 3. The summed E-state index contributed by atoms with van der Waals surface area (Å²) >= 11 is 5.72. The number of amides is 1. The third-order valence-corrected chi connectivity index (χ3v) is 2.99. The average Bonchev–Trinajstić information content (AvgIpc) is 2.40. The second-order valence-electron chi connectivity index (χ2n) is 6.19. The maximum Gasteiger partial charge on any atom is 0.416 e. The molecule has 0 heterocycles. The number of carbonyl (C=O) groups is 1. The van der Waals surface area contributed by atoms with Gasteiger partial charge in [0.15, 0.2) is 0 Å². The lowest BCUT2D eigenvalue weighted by atomic mass is 10.1. The second kappa shape index (κ2) is 7.94. The van der Waals surface area contributed by atoms with Gasteiger partial charge in [-0.2, -0.15) is 13.2 Å². The number of anilines is 1. The first-order valence-electron chi connectivity index (χ1n) is 7.22. The number of nitrogens with one attached hydrogen (secondary N) is 2. The number of benzene rings is 1. The van der Waals surface area contributed by atoms with E-state index in [1.807, 2.05) is 0 Å². The van der Waals surface area contributed by atoms with Crippen LogP contribution in [0.5, 0.6) is 0 Å². The summed E-state index contributed by atoms with van der Waals surface area (Å²) in [4.78, 5) is 11.6. The molecule has 9 heteroatoms. The van der Waals surface area contributed by atoms with Crippen LogP contribution in [0.4, 0.5) is 23.7 Å². The van der Waals surface area contributed by atoms with Gasteiger partial charge in [-0.25, -0.2) is 4.79 Å². The Hall–Kier alpha value is -1.67. The fourth-order valence-electron chi connectivity index (χ4n) is 1.79. The molecule has 1 aromatic rings. The Labute approximate surface area is 143 Å². The van der Waals surface area contributed by atoms with Crippen molar-refractivity contribution in [3.63, 3.8) is 0 Å². The topological polar surface area (TPSA) is 76.4 Å². The molecular formula is C15H21ClF3N3O2. The molecule has 4 N–H and O–H groups in total. The highest BCUT2D eigenvalue weighted by molar-refractivity contribution is 6.30. The standard InChI is InChI=1S/C15H21ClF3N3O2/c1-14(2,3)24-13(23)21-8-12(7-20)22-11-5-9(15(17,18)19)4-10(16)6-11/h4-6,12,22H,7-8,20H2,1-3H3,(H,21,23). The van der Waals surface area contributed by atoms with Crippen molar-refractivity contribution >= 4 is 23.4 Å². The van der Waals surface area contributed by atoms with Crippen LogP contribution < -0.4 is 16.4 Å². The monoisotopic (exact) mass is 367 g/mol. The van der Waals surface area contributed by atoms with Crippen molar-refractivity contribution < 1.29 is 22.7 Å². The molecule has 0 radical (unpaired) electrons. The minimum atomic E-state index is -4.51. The van der Waals surface area contributed by atoms with Crippen molar-refractivity contribution in [1.82, 2.24) is 5.32 Å². The minimum Gasteiger partial charge on any atom is -0.444 e. The van der Waals surface area contributed by atoms with E-state index >= 15 is 0 Å². The van der Waals surface area contributed by atoms with Crippen LogP contribution in [0, 0.1) is 0 Å². The Morgan fingerprint density at radius 2 is 1.92 bits per heavy atom. The third-order valence-electron chi connectivity index (χ3n) is 2.77. The number of alkyl carbamates (subject to hydrolysis) is 1. The van der Waals surface area contributed by atoms with E-state index in [0.29, 0.717) is 0 Å². The van der Waals surface area contributed by atoms with Gasteiger partial charge in [0.2, 0.25) is 0 Å². The maximum atomic E-state index is 12.8. The number of halogens is 4. The van der Waals surface area contributed by atoms with E-state index in [4.69, 9.17) is 22.1 Å². The van der Waals surface area contributed by atoms with Crippen LogP contribution in [0.1, 0.15) is 26.3 Å². The highest BCUT2D eigenvalue weighted by Crippen LogP contribution is 2.33. The number of alkyl halides is 3. The summed E-state index contributed by atoms with van der Waals surface area (Å²) in [5, 5.41) is 5.28. The van der Waals surface area contributed by atoms with Gasteiger partial charge in [0.1, 0.15) is 5.60 Å². The van der Waals surface area contributed by atoms with Gasteiger partial charge in [-0.3, -0.25) is 0 Å². The highest BCUT2D eigenvalue weighted by atomic mass is 35.5. The van der Waals surface area contributed by atoms with Crippen LogP contribution in [0.15, 0.2) is 18.2 Å². The van der Waals surface area contributed by atoms with Crippen LogP contribution in [0.25, 0.3) is 0 Å². The van der Waals surface area contributed by atoms with Gasteiger partial charge in [-0.05, 0) is 39.0 Å². The van der Waals surface area contributed by atoms with Gasteiger partial charge < -0.3 is 21.1 Å². The van der Waals surface area contributed by atoms with Gasteiger partial charge >= 0.3 is 12.3 Å². The molecule has 0 saturated heterocycles. The van der Waals surface area contributed by atoms with Crippen molar-refractivity contribution in [1.29, 1.82) is 0 Å². The Balaban J connectivity index is 2.72. The molecule has 5 nitrogen and oxygen atoms in total. The van der Waals surface area contributed by atoms with Gasteiger partial charge in [-0.1, -0.05) is 11.6 Å². The molecule has 0 aliphatic carbocycles. The zero-order chi connectivity index (χ0) is 18.5. The van der Waals surface area contributed by atoms with Crippen LogP contribution in [-0.4, -0.2) is 30.8 Å². The average molecular weight is 368 g/mol. The third kappa shape index (κ3) is 7.27. The molecule has 0 bridgehead atoms. The van der Waals surface area contributed by atoms with Crippen LogP contribution in [-0.2, 0) is 10.9 Å². The summed E-state index contributed by atoms with van der Waals surface area (Å²) in [6.07, 6.45) is -5.14. The van der Waals surface area contributed by atoms with Gasteiger partial charge in [0.25, 0.3) is 0 Å². The molecule has 136 valence electrons. The molecular weight excluding hydrogens is 347 g/mol. The van der Waals surface area contributed by atoms with E-state index in [-0.39, 0.29) is 23.8 Å². The highest BCUT2D eigenvalue weighted by Gasteiger charge is 2.31. The van der Waals surface area contributed by atoms with E-state index in [1.165, 1.54) is 6.07 Å². The lowest BCUT2D eigenvalue weighted by molar-refractivity contribution is -0.137. The molecule has 0 spiro atoms. The van der Waals surface area contributed by atoms with E-state index in [9.17, 15) is 18.0 Å². The Morgan fingerprint density at radius 3 is 2.42 bits per heavy atom. The summed E-state index contributed by atoms with van der Waals surface area (Å²) in [5.41, 5.74) is 4.23. The number of nitrogens with two attached hydrogens (primary N) is 1. The zero-order valence-corrected chi connectivity index (χ0v) is 14.4. The van der Waals surface area contributed by atoms with Gasteiger partial charge in [0.05, 0.1) is 11.6 Å². The van der Waals surface area contributed by atoms with Crippen LogP contribution in [0.3, 0.4) is 0 Å². The predicted molar refractivity (Wildman–Crippen MR) is 87.2 cm³/mol. The van der Waals surface area contributed by atoms with Crippen molar-refractivity contribution in [3.8, 4) is 0 Å². The largest absolute Gasteiger partial charge is 0.444 e. The molecule has 1 atom stereocenters. The summed E-state index contributed by atoms with van der Waals surface area (Å²) < 4.78 is 43.5. The van der Waals surface area contributed by atoms with Crippen molar-refractivity contribution in [2.45, 2.75) is 38.6 Å². The smallest absolute Gasteiger partial charge is 0.416 e. The molecule has 1 unspecified atom stereocenters. The van der Waals surface area contributed by atoms with E-state index in [2.05, 4.69) is 10.6 Å². The van der Waals surface area contributed by atoms with E-state index in [0.717, 1.165) is 12.1 Å². The normalized spacial score (nSPS) is 13.3. The summed E-state index contributed by atoms with van der Waals surface area (Å²) in [7, 11) is 0. The number of ether oxygens (including phenoxy) is 1. The first kappa shape index (κ1) is 20.4. The maximum absolute atomic E-state index is 12.8.